The summed E-state index contributed by atoms with van der Waals surface area (Å²) in [5.74, 6) is -0.320. The van der Waals surface area contributed by atoms with Crippen LogP contribution in [0.3, 0.4) is 0 Å². The van der Waals surface area contributed by atoms with Gasteiger partial charge in [0.05, 0.1) is 5.52 Å². The fourth-order valence-corrected chi connectivity index (χ4v) is 4.34. The minimum atomic E-state index is -0.320. The zero-order valence-corrected chi connectivity index (χ0v) is 20.2. The summed E-state index contributed by atoms with van der Waals surface area (Å²) >= 11 is 0. The maximum Gasteiger partial charge on any atom is 0.419 e. The van der Waals surface area contributed by atoms with Gasteiger partial charge in [-0.2, -0.15) is 0 Å². The van der Waals surface area contributed by atoms with E-state index in [1.54, 1.807) is 4.57 Å². The highest BCUT2D eigenvalue weighted by Crippen LogP contribution is 2.23. The van der Waals surface area contributed by atoms with E-state index in [0.717, 1.165) is 50.1 Å². The number of fused-ring (bicyclic) bond motifs is 1. The molecule has 0 atom stereocenters. The number of amides is 2. The average Bonchev–Trinajstić information content (AvgIpc) is 3.17. The van der Waals surface area contributed by atoms with Gasteiger partial charge in [0.25, 0.3) is 0 Å². The van der Waals surface area contributed by atoms with Gasteiger partial charge in [-0.25, -0.2) is 9.59 Å². The van der Waals surface area contributed by atoms with Crippen LogP contribution in [0.25, 0.3) is 11.1 Å². The first-order chi connectivity index (χ1) is 16.5. The van der Waals surface area contributed by atoms with Gasteiger partial charge in [-0.15, -0.1) is 0 Å². The second-order valence-electron chi connectivity index (χ2n) is 9.12. The predicted octanol–water partition coefficient (Wildman–Crippen LogP) is 3.01. The van der Waals surface area contributed by atoms with Crippen molar-refractivity contribution in [2.24, 2.45) is 0 Å². The summed E-state index contributed by atoms with van der Waals surface area (Å²) in [6.07, 6.45) is 3.08. The SMILES string of the molecule is CN(C)CCn1c(=O)oc2cc(N3CCN(C(=O)NCCCCc4ccccc4)CC3)ccc21. The van der Waals surface area contributed by atoms with Gasteiger partial charge >= 0.3 is 11.8 Å². The van der Waals surface area contributed by atoms with Gasteiger partial charge in [-0.3, -0.25) is 4.57 Å². The molecule has 1 aliphatic rings. The van der Waals surface area contributed by atoms with Gasteiger partial charge in [-0.05, 0) is 51.1 Å². The lowest BCUT2D eigenvalue weighted by Gasteiger charge is -2.36. The van der Waals surface area contributed by atoms with Crippen LogP contribution in [0.4, 0.5) is 10.5 Å². The van der Waals surface area contributed by atoms with Crippen LogP contribution in [0, 0.1) is 0 Å². The molecule has 3 aromatic rings. The molecule has 1 aliphatic heterocycles. The van der Waals surface area contributed by atoms with Crippen LogP contribution in [0.15, 0.2) is 57.7 Å². The van der Waals surface area contributed by atoms with E-state index in [0.29, 0.717) is 31.8 Å². The molecule has 1 N–H and O–H groups in total. The summed E-state index contributed by atoms with van der Waals surface area (Å²) in [5, 5.41) is 3.06. The Labute approximate surface area is 200 Å². The zero-order valence-electron chi connectivity index (χ0n) is 20.2. The van der Waals surface area contributed by atoms with E-state index >= 15 is 0 Å². The molecular formula is C26H35N5O3. The fraction of sp³-hybridized carbons (Fsp3) is 0.462. The van der Waals surface area contributed by atoms with Crippen LogP contribution in [0.2, 0.25) is 0 Å². The summed E-state index contributed by atoms with van der Waals surface area (Å²) in [6.45, 7) is 4.90. The van der Waals surface area contributed by atoms with E-state index in [1.165, 1.54) is 5.56 Å². The summed E-state index contributed by atoms with van der Waals surface area (Å²) in [4.78, 5) is 31.0. The minimum Gasteiger partial charge on any atom is -0.408 e. The van der Waals surface area contributed by atoms with Crippen LogP contribution < -0.4 is 16.0 Å². The number of aryl methyl sites for hydroxylation is 1. The van der Waals surface area contributed by atoms with Crippen LogP contribution in [0.5, 0.6) is 0 Å². The Morgan fingerprint density at radius 2 is 1.79 bits per heavy atom. The van der Waals surface area contributed by atoms with Crippen molar-refractivity contribution in [2.45, 2.75) is 25.8 Å². The van der Waals surface area contributed by atoms with E-state index in [4.69, 9.17) is 4.42 Å². The number of rotatable bonds is 9. The maximum atomic E-state index is 12.5. The standard InChI is InChI=1S/C26H35N5O3/c1-28(2)14-19-31-23-12-11-22(20-24(23)34-26(31)33)29-15-17-30(18-16-29)25(32)27-13-7-6-10-21-8-4-3-5-9-21/h3-5,8-9,11-12,20H,6-7,10,13-19H2,1-2H3,(H,27,32). The van der Waals surface area contributed by atoms with E-state index in [2.05, 4.69) is 34.5 Å². The maximum absolute atomic E-state index is 12.5. The van der Waals surface area contributed by atoms with Gasteiger partial charge < -0.3 is 24.4 Å². The number of nitrogens with one attached hydrogen (secondary N) is 1. The van der Waals surface area contributed by atoms with E-state index in [9.17, 15) is 9.59 Å². The van der Waals surface area contributed by atoms with Crippen LogP contribution >= 0.6 is 0 Å². The molecule has 0 saturated carbocycles. The summed E-state index contributed by atoms with van der Waals surface area (Å²) < 4.78 is 7.18. The lowest BCUT2D eigenvalue weighted by atomic mass is 10.1. The van der Waals surface area contributed by atoms with Crippen molar-refractivity contribution in [3.8, 4) is 0 Å². The number of likely N-dealkylation sites (N-methyl/N-ethyl adjacent to an activating group) is 1. The fourth-order valence-electron chi connectivity index (χ4n) is 4.34. The summed E-state index contributed by atoms with van der Waals surface area (Å²) in [6, 6.07) is 16.4. The number of nitrogens with zero attached hydrogens (tertiary/aromatic N) is 4. The first-order valence-corrected chi connectivity index (χ1v) is 12.1. The lowest BCUT2D eigenvalue weighted by molar-refractivity contribution is 0.194. The van der Waals surface area contributed by atoms with Crippen molar-refractivity contribution in [3.63, 3.8) is 0 Å². The number of hydrogen-bond acceptors (Lipinski definition) is 5. The highest BCUT2D eigenvalue weighted by Gasteiger charge is 2.22. The number of carbonyl (C=O) groups is 1. The third kappa shape index (κ3) is 5.99. The minimum absolute atomic E-state index is 0.0128. The molecule has 0 bridgehead atoms. The molecule has 0 radical (unpaired) electrons. The zero-order chi connectivity index (χ0) is 23.9. The first kappa shape index (κ1) is 23.9. The molecule has 2 heterocycles. The lowest BCUT2D eigenvalue weighted by Crippen LogP contribution is -2.52. The van der Waals surface area contributed by atoms with Gasteiger partial charge in [0.1, 0.15) is 0 Å². The molecule has 34 heavy (non-hydrogen) atoms. The third-order valence-corrected chi connectivity index (χ3v) is 6.37. The Hall–Kier alpha value is -3.26. The Morgan fingerprint density at radius 1 is 1.03 bits per heavy atom. The first-order valence-electron chi connectivity index (χ1n) is 12.1. The molecule has 4 rings (SSSR count). The van der Waals surface area contributed by atoms with Crippen LogP contribution in [-0.2, 0) is 13.0 Å². The van der Waals surface area contributed by atoms with E-state index < -0.39 is 0 Å². The highest BCUT2D eigenvalue weighted by molar-refractivity contribution is 5.78. The molecule has 0 spiro atoms. The molecule has 0 unspecified atom stereocenters. The molecule has 8 heteroatoms. The molecule has 1 fully saturated rings. The number of benzene rings is 2. The Morgan fingerprint density at radius 3 is 2.53 bits per heavy atom. The highest BCUT2D eigenvalue weighted by atomic mass is 16.4. The number of unbranched alkanes of at least 4 members (excludes halogenated alkanes) is 1. The number of aromatic nitrogens is 1. The number of piperazine rings is 1. The second kappa shape index (κ2) is 11.2. The van der Waals surface area contributed by atoms with Crippen LogP contribution in [0.1, 0.15) is 18.4 Å². The molecular weight excluding hydrogens is 430 g/mol. The van der Waals surface area contributed by atoms with Crippen molar-refractivity contribution < 1.29 is 9.21 Å². The van der Waals surface area contributed by atoms with Gasteiger partial charge in [0.15, 0.2) is 5.58 Å². The molecule has 2 amide bonds. The van der Waals surface area contributed by atoms with Crippen LogP contribution in [-0.4, -0.2) is 73.8 Å². The Balaban J connectivity index is 1.23. The normalized spacial score (nSPS) is 14.2. The molecule has 182 valence electrons. The third-order valence-electron chi connectivity index (χ3n) is 6.37. The number of urea groups is 1. The number of anilines is 1. The Bertz CT molecular complexity index is 1130. The van der Waals surface area contributed by atoms with E-state index in [1.807, 2.05) is 48.2 Å². The number of oxazole rings is 1. The summed E-state index contributed by atoms with van der Waals surface area (Å²) in [5.41, 5.74) is 3.78. The van der Waals surface area contributed by atoms with Crippen molar-refractivity contribution in [3.05, 3.63) is 64.6 Å². The quantitative estimate of drug-likeness (QED) is 0.492. The molecule has 1 aromatic heterocycles. The largest absolute Gasteiger partial charge is 0.419 e. The number of hydrogen-bond donors (Lipinski definition) is 1. The molecule has 1 saturated heterocycles. The molecule has 8 nitrogen and oxygen atoms in total. The summed E-state index contributed by atoms with van der Waals surface area (Å²) in [7, 11) is 3.97. The van der Waals surface area contributed by atoms with Crippen molar-refractivity contribution >= 4 is 22.8 Å². The predicted molar refractivity (Wildman–Crippen MR) is 136 cm³/mol. The molecule has 2 aromatic carbocycles. The van der Waals surface area contributed by atoms with Crippen molar-refractivity contribution in [1.82, 2.24) is 19.7 Å². The van der Waals surface area contributed by atoms with Crippen molar-refractivity contribution in [2.75, 3.05) is 58.3 Å². The van der Waals surface area contributed by atoms with E-state index in [-0.39, 0.29) is 11.8 Å². The monoisotopic (exact) mass is 465 g/mol. The average molecular weight is 466 g/mol. The topological polar surface area (TPSA) is 74.0 Å². The number of carbonyl (C=O) groups excluding carboxylic acids is 1. The second-order valence-corrected chi connectivity index (χ2v) is 9.12. The van der Waals surface area contributed by atoms with Gasteiger partial charge in [-0.1, -0.05) is 30.3 Å². The Kier molecular flexibility index (Phi) is 7.90. The van der Waals surface area contributed by atoms with Crippen molar-refractivity contribution in [1.29, 1.82) is 0 Å². The van der Waals surface area contributed by atoms with Gasteiger partial charge in [0.2, 0.25) is 0 Å². The van der Waals surface area contributed by atoms with Gasteiger partial charge in [0, 0.05) is 57.6 Å². The smallest absolute Gasteiger partial charge is 0.408 e. The molecule has 0 aliphatic carbocycles.